The highest BCUT2D eigenvalue weighted by atomic mass is 79.9. The molecule has 3 rings (SSSR count). The smallest absolute Gasteiger partial charge is 0.196 e. The predicted molar refractivity (Wildman–Crippen MR) is 92.0 cm³/mol. The molecule has 21 heavy (non-hydrogen) atoms. The number of nitrogens with two attached hydrogens (primary N) is 1. The van der Waals surface area contributed by atoms with Crippen molar-refractivity contribution in [2.24, 2.45) is 10.7 Å². The molecular weight excluding hydrogens is 350 g/mol. The van der Waals surface area contributed by atoms with Crippen molar-refractivity contribution in [3.8, 4) is 0 Å². The lowest BCUT2D eigenvalue weighted by Crippen LogP contribution is -2.36. The zero-order chi connectivity index (χ0) is 15.0. The number of aryl methyl sites for hydroxylation is 1. The van der Waals surface area contributed by atoms with Gasteiger partial charge in [0.15, 0.2) is 5.96 Å². The van der Waals surface area contributed by atoms with Crippen LogP contribution in [0.15, 0.2) is 51.9 Å². The van der Waals surface area contributed by atoms with E-state index in [0.717, 1.165) is 15.7 Å². The molecule has 0 fully saturated rings. The second-order valence-corrected chi connectivity index (χ2v) is 6.31. The first-order valence-corrected chi connectivity index (χ1v) is 7.85. The Hall–Kier alpha value is -1.52. The number of rotatable bonds is 2. The van der Waals surface area contributed by atoms with Crippen LogP contribution in [0.3, 0.4) is 0 Å². The predicted octanol–water partition coefficient (Wildman–Crippen LogP) is 4.29. The van der Waals surface area contributed by atoms with Gasteiger partial charge in [-0.3, -0.25) is 4.99 Å². The van der Waals surface area contributed by atoms with Gasteiger partial charge < -0.3 is 10.6 Å². The molecule has 0 bridgehead atoms. The minimum absolute atomic E-state index is 0.0711. The molecule has 0 aliphatic carbocycles. The van der Waals surface area contributed by atoms with Crippen LogP contribution in [0, 0.1) is 6.92 Å². The van der Waals surface area contributed by atoms with Gasteiger partial charge in [0.05, 0.1) is 23.3 Å². The molecule has 5 heteroatoms. The summed E-state index contributed by atoms with van der Waals surface area (Å²) in [5, 5.41) is 0.675. The minimum Gasteiger partial charge on any atom is -0.369 e. The van der Waals surface area contributed by atoms with E-state index in [0.29, 0.717) is 17.5 Å². The van der Waals surface area contributed by atoms with Crippen molar-refractivity contribution in [1.29, 1.82) is 0 Å². The Kier molecular flexibility index (Phi) is 3.91. The zero-order valence-electron chi connectivity index (χ0n) is 11.6. The molecular formula is C16H15BrClN3. The summed E-state index contributed by atoms with van der Waals surface area (Å²) in [6, 6.07) is 14.1. The summed E-state index contributed by atoms with van der Waals surface area (Å²) in [5.74, 6) is 0.504. The number of hydrogen-bond donors (Lipinski definition) is 1. The van der Waals surface area contributed by atoms with Gasteiger partial charge in [-0.05, 0) is 36.2 Å². The molecule has 0 saturated heterocycles. The van der Waals surface area contributed by atoms with Crippen LogP contribution in [0.5, 0.6) is 0 Å². The van der Waals surface area contributed by atoms with E-state index in [1.54, 1.807) is 0 Å². The van der Waals surface area contributed by atoms with Gasteiger partial charge in [-0.25, -0.2) is 0 Å². The lowest BCUT2D eigenvalue weighted by Gasteiger charge is -2.27. The van der Waals surface area contributed by atoms with Gasteiger partial charge in [-0.1, -0.05) is 51.8 Å². The van der Waals surface area contributed by atoms with Gasteiger partial charge in [0.25, 0.3) is 0 Å². The summed E-state index contributed by atoms with van der Waals surface area (Å²) in [5.41, 5.74) is 9.34. The molecule has 0 spiro atoms. The fourth-order valence-corrected chi connectivity index (χ4v) is 3.13. The Morgan fingerprint density at radius 1 is 1.29 bits per heavy atom. The van der Waals surface area contributed by atoms with Crippen LogP contribution in [0.4, 0.5) is 5.69 Å². The Morgan fingerprint density at radius 2 is 2.05 bits per heavy atom. The van der Waals surface area contributed by atoms with Crippen LogP contribution in [0.25, 0.3) is 0 Å². The third kappa shape index (κ3) is 2.65. The minimum atomic E-state index is 0.0711. The monoisotopic (exact) mass is 363 g/mol. The third-order valence-corrected chi connectivity index (χ3v) is 4.85. The Labute approximate surface area is 137 Å². The SMILES string of the molecule is Cc1ccc(C2CN=C(N)N2c2ccccc2Cl)cc1Br. The van der Waals surface area contributed by atoms with Gasteiger partial charge in [0.2, 0.25) is 0 Å². The topological polar surface area (TPSA) is 41.6 Å². The Bertz CT molecular complexity index is 714. The molecule has 2 aromatic carbocycles. The van der Waals surface area contributed by atoms with E-state index in [1.165, 1.54) is 5.56 Å². The Balaban J connectivity index is 2.03. The number of halogens is 2. The number of hydrogen-bond acceptors (Lipinski definition) is 3. The number of para-hydroxylation sites is 1. The summed E-state index contributed by atoms with van der Waals surface area (Å²) < 4.78 is 1.09. The van der Waals surface area contributed by atoms with Gasteiger partial charge >= 0.3 is 0 Å². The van der Waals surface area contributed by atoms with Crippen molar-refractivity contribution in [1.82, 2.24) is 0 Å². The highest BCUT2D eigenvalue weighted by Crippen LogP contribution is 2.36. The second-order valence-electron chi connectivity index (χ2n) is 5.04. The molecule has 1 aliphatic heterocycles. The lowest BCUT2D eigenvalue weighted by molar-refractivity contribution is 0.768. The Morgan fingerprint density at radius 3 is 2.76 bits per heavy atom. The van der Waals surface area contributed by atoms with E-state index in [9.17, 15) is 0 Å². The molecule has 2 N–H and O–H groups in total. The van der Waals surface area contributed by atoms with E-state index in [1.807, 2.05) is 29.2 Å². The van der Waals surface area contributed by atoms with Crippen molar-refractivity contribution < 1.29 is 0 Å². The first kappa shape index (κ1) is 14.4. The highest BCUT2D eigenvalue weighted by molar-refractivity contribution is 9.10. The molecule has 0 amide bonds. The number of guanidine groups is 1. The van der Waals surface area contributed by atoms with E-state index in [-0.39, 0.29) is 6.04 Å². The van der Waals surface area contributed by atoms with Crippen LogP contribution in [-0.2, 0) is 0 Å². The maximum atomic E-state index is 6.32. The molecule has 108 valence electrons. The van der Waals surface area contributed by atoms with Crippen LogP contribution >= 0.6 is 27.5 Å². The molecule has 1 aliphatic rings. The fourth-order valence-electron chi connectivity index (χ4n) is 2.51. The summed E-state index contributed by atoms with van der Waals surface area (Å²) >= 11 is 9.90. The van der Waals surface area contributed by atoms with Crippen molar-refractivity contribution >= 4 is 39.2 Å². The maximum Gasteiger partial charge on any atom is 0.196 e. The largest absolute Gasteiger partial charge is 0.369 e. The molecule has 1 unspecified atom stereocenters. The normalized spacial score (nSPS) is 18.0. The third-order valence-electron chi connectivity index (χ3n) is 3.68. The van der Waals surface area contributed by atoms with Gasteiger partial charge in [-0.15, -0.1) is 0 Å². The summed E-state index contributed by atoms with van der Waals surface area (Å²) in [7, 11) is 0. The summed E-state index contributed by atoms with van der Waals surface area (Å²) in [6.07, 6.45) is 0. The van der Waals surface area contributed by atoms with Crippen LogP contribution < -0.4 is 10.6 Å². The van der Waals surface area contributed by atoms with Crippen LogP contribution in [0.1, 0.15) is 17.2 Å². The average Bonchev–Trinajstić information content (AvgIpc) is 2.84. The highest BCUT2D eigenvalue weighted by Gasteiger charge is 2.30. The van der Waals surface area contributed by atoms with Gasteiger partial charge in [0, 0.05) is 4.47 Å². The average molecular weight is 365 g/mol. The molecule has 0 aromatic heterocycles. The summed E-state index contributed by atoms with van der Waals surface area (Å²) in [4.78, 5) is 6.39. The van der Waals surface area contributed by atoms with Gasteiger partial charge in [0.1, 0.15) is 0 Å². The lowest BCUT2D eigenvalue weighted by atomic mass is 10.0. The quantitative estimate of drug-likeness (QED) is 0.864. The van der Waals surface area contributed by atoms with Crippen molar-refractivity contribution in [3.05, 3.63) is 63.1 Å². The molecule has 0 saturated carbocycles. The first-order chi connectivity index (χ1) is 10.1. The molecule has 0 radical (unpaired) electrons. The van der Waals surface area contributed by atoms with Gasteiger partial charge in [-0.2, -0.15) is 0 Å². The van der Waals surface area contributed by atoms with E-state index in [4.69, 9.17) is 17.3 Å². The van der Waals surface area contributed by atoms with Crippen molar-refractivity contribution in [3.63, 3.8) is 0 Å². The maximum absolute atomic E-state index is 6.32. The zero-order valence-corrected chi connectivity index (χ0v) is 13.9. The fraction of sp³-hybridized carbons (Fsp3) is 0.188. The van der Waals surface area contributed by atoms with E-state index < -0.39 is 0 Å². The summed E-state index contributed by atoms with van der Waals surface area (Å²) in [6.45, 7) is 2.70. The molecule has 2 aromatic rings. The van der Waals surface area contributed by atoms with Crippen LogP contribution in [0.2, 0.25) is 5.02 Å². The molecule has 1 heterocycles. The van der Waals surface area contributed by atoms with E-state index >= 15 is 0 Å². The van der Waals surface area contributed by atoms with E-state index in [2.05, 4.69) is 46.0 Å². The molecule has 3 nitrogen and oxygen atoms in total. The van der Waals surface area contributed by atoms with Crippen molar-refractivity contribution in [2.45, 2.75) is 13.0 Å². The number of anilines is 1. The van der Waals surface area contributed by atoms with Crippen molar-refractivity contribution in [2.75, 3.05) is 11.4 Å². The van der Waals surface area contributed by atoms with Crippen LogP contribution in [-0.4, -0.2) is 12.5 Å². The number of aliphatic imine (C=N–C) groups is 1. The first-order valence-electron chi connectivity index (χ1n) is 6.67. The standard InChI is InChI=1S/C16H15BrClN3/c1-10-6-7-11(8-12(10)17)15-9-20-16(19)21(15)14-5-3-2-4-13(14)18/h2-8,15H,9H2,1H3,(H2,19,20). The second kappa shape index (κ2) is 5.70. The number of nitrogens with zero attached hydrogens (tertiary/aromatic N) is 2. The molecule has 1 atom stereocenters. The number of benzene rings is 2.